The van der Waals surface area contributed by atoms with Crippen molar-refractivity contribution in [2.75, 3.05) is 32.1 Å². The van der Waals surface area contributed by atoms with Gasteiger partial charge in [-0.25, -0.2) is 9.37 Å². The first-order valence-electron chi connectivity index (χ1n) is 12.7. The van der Waals surface area contributed by atoms with E-state index in [2.05, 4.69) is 10.3 Å². The molecule has 0 aliphatic carbocycles. The number of amides is 2. The van der Waals surface area contributed by atoms with Crippen LogP contribution < -0.4 is 14.8 Å². The van der Waals surface area contributed by atoms with Gasteiger partial charge < -0.3 is 19.7 Å². The van der Waals surface area contributed by atoms with Gasteiger partial charge in [0.2, 0.25) is 0 Å². The number of nitrogens with zero attached hydrogens (tertiary/aromatic N) is 2. The largest absolute Gasteiger partial charge is 0.497 e. The van der Waals surface area contributed by atoms with Gasteiger partial charge in [0.05, 0.1) is 17.8 Å². The van der Waals surface area contributed by atoms with Gasteiger partial charge in [-0.1, -0.05) is 30.3 Å². The van der Waals surface area contributed by atoms with Gasteiger partial charge in [0, 0.05) is 36.0 Å². The Labute approximate surface area is 230 Å². The average molecular weight is 546 g/mol. The van der Waals surface area contributed by atoms with Crippen LogP contribution in [0.4, 0.5) is 10.1 Å². The Morgan fingerprint density at radius 1 is 1.03 bits per heavy atom. The van der Waals surface area contributed by atoms with E-state index in [-0.39, 0.29) is 30.2 Å². The summed E-state index contributed by atoms with van der Waals surface area (Å²) in [5.74, 6) is 0.537. The molecule has 0 spiro atoms. The predicted molar refractivity (Wildman–Crippen MR) is 149 cm³/mol. The van der Waals surface area contributed by atoms with Crippen molar-refractivity contribution < 1.29 is 23.5 Å². The second-order valence-electron chi connectivity index (χ2n) is 9.20. The molecule has 9 heteroatoms. The monoisotopic (exact) mass is 545 g/mol. The molecule has 0 saturated carbocycles. The number of methoxy groups -OCH3 is 1. The Morgan fingerprint density at radius 3 is 2.46 bits per heavy atom. The Hall–Kier alpha value is -4.24. The zero-order chi connectivity index (χ0) is 27.2. The molecule has 1 aromatic heterocycles. The number of anilines is 1. The number of likely N-dealkylation sites (tertiary alicyclic amines) is 1. The zero-order valence-electron chi connectivity index (χ0n) is 21.4. The number of halogens is 1. The summed E-state index contributed by atoms with van der Waals surface area (Å²) in [7, 11) is 1.59. The van der Waals surface area contributed by atoms with Gasteiger partial charge in [0.25, 0.3) is 11.8 Å². The van der Waals surface area contributed by atoms with Gasteiger partial charge in [-0.3, -0.25) is 9.59 Å². The smallest absolute Gasteiger partial charge is 0.275 e. The van der Waals surface area contributed by atoms with Gasteiger partial charge in [0.1, 0.15) is 23.0 Å². The van der Waals surface area contributed by atoms with E-state index < -0.39 is 0 Å². The SMILES string of the molecule is COc1ccc(-c2ccccc2)c(NC(=O)c2csc(C3CCN(C(=O)COc4ccc(F)cc4)CC3)n2)c1. The van der Waals surface area contributed by atoms with Crippen LogP contribution in [0.1, 0.15) is 34.3 Å². The minimum Gasteiger partial charge on any atom is -0.497 e. The Morgan fingerprint density at radius 2 is 1.74 bits per heavy atom. The summed E-state index contributed by atoms with van der Waals surface area (Å²) in [5, 5.41) is 5.68. The molecule has 1 N–H and O–H groups in total. The van der Waals surface area contributed by atoms with E-state index in [1.54, 1.807) is 23.5 Å². The molecule has 0 unspecified atom stereocenters. The van der Waals surface area contributed by atoms with E-state index in [0.717, 1.165) is 29.0 Å². The van der Waals surface area contributed by atoms with Crippen LogP contribution in [-0.4, -0.2) is 48.5 Å². The van der Waals surface area contributed by atoms with Crippen molar-refractivity contribution in [2.45, 2.75) is 18.8 Å². The molecule has 0 atom stereocenters. The number of hydrogen-bond donors (Lipinski definition) is 1. The van der Waals surface area contributed by atoms with Crippen molar-refractivity contribution in [3.63, 3.8) is 0 Å². The maximum atomic E-state index is 13.1. The first kappa shape index (κ1) is 26.4. The molecule has 1 aliphatic rings. The molecule has 200 valence electrons. The summed E-state index contributed by atoms with van der Waals surface area (Å²) in [4.78, 5) is 32.1. The lowest BCUT2D eigenvalue weighted by Gasteiger charge is -2.31. The standard InChI is InChI=1S/C30H28FN3O4S/c1-37-24-11-12-25(20-5-3-2-4-6-20)26(17-24)32-29(36)27-19-39-30(33-27)21-13-15-34(16-14-21)28(35)18-38-23-9-7-22(31)8-10-23/h2-12,17,19,21H,13-16,18H2,1H3,(H,32,36). The Kier molecular flexibility index (Phi) is 8.17. The van der Waals surface area contributed by atoms with E-state index in [4.69, 9.17) is 9.47 Å². The van der Waals surface area contributed by atoms with E-state index in [1.807, 2.05) is 42.5 Å². The van der Waals surface area contributed by atoms with Crippen LogP contribution in [0.5, 0.6) is 11.5 Å². The van der Waals surface area contributed by atoms with Crippen molar-refractivity contribution in [1.82, 2.24) is 9.88 Å². The molecule has 0 radical (unpaired) electrons. The maximum Gasteiger partial charge on any atom is 0.275 e. The number of rotatable bonds is 8. The third-order valence-electron chi connectivity index (χ3n) is 6.69. The summed E-state index contributed by atoms with van der Waals surface area (Å²) in [5.41, 5.74) is 2.89. The van der Waals surface area contributed by atoms with E-state index >= 15 is 0 Å². The predicted octanol–water partition coefficient (Wildman–Crippen LogP) is 6.00. The fourth-order valence-corrected chi connectivity index (χ4v) is 5.50. The molecule has 0 bridgehead atoms. The number of thiazole rings is 1. The highest BCUT2D eigenvalue weighted by molar-refractivity contribution is 7.10. The van der Waals surface area contributed by atoms with Crippen molar-refractivity contribution in [3.8, 4) is 22.6 Å². The number of hydrogen-bond acceptors (Lipinski definition) is 6. The molecule has 5 rings (SSSR count). The van der Waals surface area contributed by atoms with Gasteiger partial charge in [0.15, 0.2) is 6.61 Å². The van der Waals surface area contributed by atoms with Gasteiger partial charge in [-0.15, -0.1) is 11.3 Å². The lowest BCUT2D eigenvalue weighted by Crippen LogP contribution is -2.40. The quantitative estimate of drug-likeness (QED) is 0.294. The molecule has 1 aliphatic heterocycles. The molecule has 2 heterocycles. The third-order valence-corrected chi connectivity index (χ3v) is 7.69. The van der Waals surface area contributed by atoms with Crippen molar-refractivity contribution >= 4 is 28.8 Å². The highest BCUT2D eigenvalue weighted by Crippen LogP contribution is 2.33. The normalized spacial score (nSPS) is 13.6. The fraction of sp³-hybridized carbons (Fsp3) is 0.233. The van der Waals surface area contributed by atoms with Crippen LogP contribution in [0.3, 0.4) is 0 Å². The van der Waals surface area contributed by atoms with Crippen LogP contribution in [0.15, 0.2) is 78.2 Å². The van der Waals surface area contributed by atoms with E-state index in [0.29, 0.717) is 36.0 Å². The van der Waals surface area contributed by atoms with Gasteiger partial charge >= 0.3 is 0 Å². The molecular weight excluding hydrogens is 517 g/mol. The topological polar surface area (TPSA) is 80.8 Å². The number of benzene rings is 3. The first-order valence-corrected chi connectivity index (χ1v) is 13.5. The molecule has 1 saturated heterocycles. The Balaban J connectivity index is 1.18. The van der Waals surface area contributed by atoms with Crippen LogP contribution in [-0.2, 0) is 4.79 Å². The number of nitrogens with one attached hydrogen (secondary N) is 1. The molecule has 39 heavy (non-hydrogen) atoms. The molecular formula is C30H28FN3O4S. The van der Waals surface area contributed by atoms with Crippen LogP contribution in [0.25, 0.3) is 11.1 Å². The van der Waals surface area contributed by atoms with E-state index in [9.17, 15) is 14.0 Å². The van der Waals surface area contributed by atoms with Gasteiger partial charge in [-0.2, -0.15) is 0 Å². The molecule has 3 aromatic carbocycles. The van der Waals surface area contributed by atoms with Gasteiger partial charge in [-0.05, 0) is 54.8 Å². The average Bonchev–Trinajstić information content (AvgIpc) is 3.48. The van der Waals surface area contributed by atoms with Crippen molar-refractivity contribution in [1.29, 1.82) is 0 Å². The number of aromatic nitrogens is 1. The molecule has 2 amide bonds. The third kappa shape index (κ3) is 6.43. The fourth-order valence-electron chi connectivity index (χ4n) is 4.53. The lowest BCUT2D eigenvalue weighted by molar-refractivity contribution is -0.134. The number of carbonyl (C=O) groups excluding carboxylic acids is 2. The van der Waals surface area contributed by atoms with Crippen molar-refractivity contribution in [3.05, 3.63) is 94.7 Å². The minimum absolute atomic E-state index is 0.0902. The lowest BCUT2D eigenvalue weighted by atomic mass is 9.97. The first-order chi connectivity index (χ1) is 19.0. The summed E-state index contributed by atoms with van der Waals surface area (Å²) in [6.07, 6.45) is 1.51. The summed E-state index contributed by atoms with van der Waals surface area (Å²) < 4.78 is 23.9. The Bertz CT molecular complexity index is 1430. The molecule has 1 fully saturated rings. The minimum atomic E-state index is -0.351. The second-order valence-corrected chi connectivity index (χ2v) is 10.1. The summed E-state index contributed by atoms with van der Waals surface area (Å²) in [6.45, 7) is 1.08. The van der Waals surface area contributed by atoms with Crippen LogP contribution in [0.2, 0.25) is 0 Å². The zero-order valence-corrected chi connectivity index (χ0v) is 22.2. The maximum absolute atomic E-state index is 13.1. The number of carbonyl (C=O) groups is 2. The van der Waals surface area contributed by atoms with Crippen LogP contribution in [0, 0.1) is 5.82 Å². The summed E-state index contributed by atoms with van der Waals surface area (Å²) in [6, 6.07) is 21.0. The molecule has 7 nitrogen and oxygen atoms in total. The molecule has 4 aromatic rings. The van der Waals surface area contributed by atoms with Crippen LogP contribution >= 0.6 is 11.3 Å². The number of ether oxygens (including phenoxy) is 2. The second kappa shape index (κ2) is 12.1. The highest BCUT2D eigenvalue weighted by atomic mass is 32.1. The van der Waals surface area contributed by atoms with Crippen molar-refractivity contribution in [2.24, 2.45) is 0 Å². The van der Waals surface area contributed by atoms with E-state index in [1.165, 1.54) is 35.6 Å². The summed E-state index contributed by atoms with van der Waals surface area (Å²) >= 11 is 1.47. The highest BCUT2D eigenvalue weighted by Gasteiger charge is 2.27. The number of piperidine rings is 1.